The van der Waals surface area contributed by atoms with Gasteiger partial charge in [-0.25, -0.2) is 4.98 Å². The molecule has 15 heavy (non-hydrogen) atoms. The highest BCUT2D eigenvalue weighted by atomic mass is 79.9. The topological polar surface area (TPSA) is 37.0 Å². The van der Waals surface area contributed by atoms with Crippen LogP contribution < -0.4 is 10.6 Å². The van der Waals surface area contributed by atoms with Crippen LogP contribution in [0.25, 0.3) is 0 Å². The molecule has 1 fully saturated rings. The van der Waals surface area contributed by atoms with Gasteiger partial charge in [0.2, 0.25) is 0 Å². The monoisotopic (exact) mass is 269 g/mol. The van der Waals surface area contributed by atoms with Gasteiger partial charge in [0.05, 0.1) is 0 Å². The van der Waals surface area contributed by atoms with Crippen molar-refractivity contribution in [3.05, 3.63) is 22.8 Å². The summed E-state index contributed by atoms with van der Waals surface area (Å²) in [6.45, 7) is 2.09. The molecule has 0 aliphatic heterocycles. The van der Waals surface area contributed by atoms with E-state index in [1.807, 2.05) is 18.3 Å². The number of aromatic nitrogens is 1. The highest BCUT2D eigenvalue weighted by Crippen LogP contribution is 2.18. The number of hydrogen-bond donors (Lipinski definition) is 2. The molecule has 0 radical (unpaired) electrons. The van der Waals surface area contributed by atoms with Gasteiger partial charge in [-0.15, -0.1) is 0 Å². The average molecular weight is 270 g/mol. The van der Waals surface area contributed by atoms with Crippen molar-refractivity contribution in [3.63, 3.8) is 0 Å². The molecule has 82 valence electrons. The van der Waals surface area contributed by atoms with Crippen LogP contribution in [0.2, 0.25) is 0 Å². The average Bonchev–Trinajstić information content (AvgIpc) is 3.04. The Morgan fingerprint density at radius 1 is 1.33 bits per heavy atom. The van der Waals surface area contributed by atoms with Gasteiger partial charge in [0.1, 0.15) is 5.82 Å². The molecular formula is C11H16BrN3. The van der Waals surface area contributed by atoms with Gasteiger partial charge in [0.25, 0.3) is 0 Å². The van der Waals surface area contributed by atoms with E-state index >= 15 is 0 Å². The van der Waals surface area contributed by atoms with Crippen molar-refractivity contribution in [2.24, 2.45) is 0 Å². The number of halogens is 1. The lowest BCUT2D eigenvalue weighted by molar-refractivity contribution is 0.658. The van der Waals surface area contributed by atoms with Crippen molar-refractivity contribution in [2.75, 3.05) is 18.4 Å². The largest absolute Gasteiger partial charge is 0.370 e. The van der Waals surface area contributed by atoms with E-state index < -0.39 is 0 Å². The number of nitrogens with zero attached hydrogens (tertiary/aromatic N) is 1. The molecule has 1 aliphatic rings. The van der Waals surface area contributed by atoms with Gasteiger partial charge >= 0.3 is 0 Å². The van der Waals surface area contributed by atoms with Crippen LogP contribution in [0.15, 0.2) is 22.8 Å². The minimum atomic E-state index is 0.816. The summed E-state index contributed by atoms with van der Waals surface area (Å²) in [5, 5.41) is 6.78. The summed E-state index contributed by atoms with van der Waals surface area (Å²) in [4.78, 5) is 4.24. The zero-order valence-corrected chi connectivity index (χ0v) is 10.3. The van der Waals surface area contributed by atoms with Crippen LogP contribution in [-0.4, -0.2) is 24.1 Å². The Balaban J connectivity index is 1.58. The quantitative estimate of drug-likeness (QED) is 0.779. The van der Waals surface area contributed by atoms with Crippen LogP contribution in [0.5, 0.6) is 0 Å². The predicted octanol–water partition coefficient (Wildman–Crippen LogP) is 2.40. The fourth-order valence-electron chi connectivity index (χ4n) is 1.38. The first-order chi connectivity index (χ1) is 7.34. The van der Waals surface area contributed by atoms with Gasteiger partial charge < -0.3 is 10.6 Å². The Bertz CT molecular complexity index is 295. The lowest BCUT2D eigenvalue weighted by Gasteiger charge is -2.05. The molecule has 4 heteroatoms. The minimum absolute atomic E-state index is 0.816. The standard InChI is InChI=1S/C11H16BrN3/c12-9-2-5-11(15-8-9)14-7-1-6-13-10-3-4-10/h2,5,8,10,13H,1,3-4,6-7H2,(H,14,15). The third-order valence-corrected chi connectivity index (χ3v) is 2.87. The second kappa shape index (κ2) is 5.47. The fraction of sp³-hybridized carbons (Fsp3) is 0.545. The number of rotatable bonds is 6. The third kappa shape index (κ3) is 4.18. The molecule has 0 atom stereocenters. The molecule has 1 heterocycles. The minimum Gasteiger partial charge on any atom is -0.370 e. The maximum absolute atomic E-state index is 4.24. The Kier molecular flexibility index (Phi) is 3.97. The van der Waals surface area contributed by atoms with E-state index in [4.69, 9.17) is 0 Å². The third-order valence-electron chi connectivity index (χ3n) is 2.40. The molecule has 1 aromatic heterocycles. The van der Waals surface area contributed by atoms with E-state index in [1.165, 1.54) is 12.8 Å². The van der Waals surface area contributed by atoms with Crippen molar-refractivity contribution in [1.82, 2.24) is 10.3 Å². The van der Waals surface area contributed by atoms with Crippen molar-refractivity contribution in [1.29, 1.82) is 0 Å². The van der Waals surface area contributed by atoms with Gasteiger partial charge in [-0.1, -0.05) is 0 Å². The molecule has 1 saturated carbocycles. The Morgan fingerprint density at radius 3 is 2.87 bits per heavy atom. The van der Waals surface area contributed by atoms with E-state index in [1.54, 1.807) is 0 Å². The fourth-order valence-corrected chi connectivity index (χ4v) is 1.61. The van der Waals surface area contributed by atoms with E-state index in [9.17, 15) is 0 Å². The van der Waals surface area contributed by atoms with E-state index in [-0.39, 0.29) is 0 Å². The second-order valence-corrected chi connectivity index (χ2v) is 4.79. The van der Waals surface area contributed by atoms with Crippen LogP contribution in [0, 0.1) is 0 Å². The van der Waals surface area contributed by atoms with Gasteiger partial charge in [-0.05, 0) is 53.9 Å². The van der Waals surface area contributed by atoms with E-state index in [0.29, 0.717) is 0 Å². The molecule has 3 nitrogen and oxygen atoms in total. The van der Waals surface area contributed by atoms with E-state index in [0.717, 1.165) is 35.8 Å². The van der Waals surface area contributed by atoms with Crippen molar-refractivity contribution in [2.45, 2.75) is 25.3 Å². The Hall–Kier alpha value is -0.610. The summed E-state index contributed by atoms with van der Waals surface area (Å²) in [6.07, 6.45) is 5.68. The van der Waals surface area contributed by atoms with E-state index in [2.05, 4.69) is 31.5 Å². The zero-order valence-electron chi connectivity index (χ0n) is 8.67. The number of nitrogens with one attached hydrogen (secondary N) is 2. The summed E-state index contributed by atoms with van der Waals surface area (Å²) in [6, 6.07) is 4.80. The summed E-state index contributed by atoms with van der Waals surface area (Å²) in [7, 11) is 0. The number of pyridine rings is 1. The van der Waals surface area contributed by atoms with Crippen LogP contribution in [0.1, 0.15) is 19.3 Å². The first-order valence-electron chi connectivity index (χ1n) is 5.43. The first kappa shape index (κ1) is 10.9. The van der Waals surface area contributed by atoms with Crippen molar-refractivity contribution >= 4 is 21.7 Å². The molecule has 0 unspecified atom stereocenters. The zero-order chi connectivity index (χ0) is 10.5. The Morgan fingerprint density at radius 2 is 2.20 bits per heavy atom. The van der Waals surface area contributed by atoms with Gasteiger partial charge in [-0.2, -0.15) is 0 Å². The normalized spacial score (nSPS) is 15.3. The molecule has 0 amide bonds. The molecule has 1 aromatic rings. The van der Waals surface area contributed by atoms with Crippen LogP contribution >= 0.6 is 15.9 Å². The molecule has 0 bridgehead atoms. The van der Waals surface area contributed by atoms with Gasteiger partial charge in [-0.3, -0.25) is 0 Å². The van der Waals surface area contributed by atoms with Crippen LogP contribution in [-0.2, 0) is 0 Å². The summed E-state index contributed by atoms with van der Waals surface area (Å²) in [5.74, 6) is 0.949. The Labute approximate surface area is 98.8 Å². The molecular weight excluding hydrogens is 254 g/mol. The van der Waals surface area contributed by atoms with Gasteiger partial charge in [0, 0.05) is 23.3 Å². The number of anilines is 1. The van der Waals surface area contributed by atoms with Gasteiger partial charge in [0.15, 0.2) is 0 Å². The molecule has 0 saturated heterocycles. The summed E-state index contributed by atoms with van der Waals surface area (Å²) < 4.78 is 1.02. The number of hydrogen-bond acceptors (Lipinski definition) is 3. The lowest BCUT2D eigenvalue weighted by Crippen LogP contribution is -2.20. The smallest absolute Gasteiger partial charge is 0.125 e. The van der Waals surface area contributed by atoms with Crippen LogP contribution in [0.3, 0.4) is 0 Å². The maximum Gasteiger partial charge on any atom is 0.125 e. The maximum atomic E-state index is 4.24. The van der Waals surface area contributed by atoms with Crippen molar-refractivity contribution < 1.29 is 0 Å². The molecule has 0 spiro atoms. The molecule has 1 aliphatic carbocycles. The van der Waals surface area contributed by atoms with Crippen LogP contribution in [0.4, 0.5) is 5.82 Å². The molecule has 2 N–H and O–H groups in total. The summed E-state index contributed by atoms with van der Waals surface area (Å²) in [5.41, 5.74) is 0. The highest BCUT2D eigenvalue weighted by Gasteiger charge is 2.19. The first-order valence-corrected chi connectivity index (χ1v) is 6.23. The molecule has 2 rings (SSSR count). The SMILES string of the molecule is Brc1ccc(NCCCNC2CC2)nc1. The predicted molar refractivity (Wildman–Crippen MR) is 66.1 cm³/mol. The van der Waals surface area contributed by atoms with Crippen molar-refractivity contribution in [3.8, 4) is 0 Å². The molecule has 0 aromatic carbocycles. The highest BCUT2D eigenvalue weighted by molar-refractivity contribution is 9.10. The second-order valence-electron chi connectivity index (χ2n) is 3.87. The lowest BCUT2D eigenvalue weighted by atomic mass is 10.4. The summed E-state index contributed by atoms with van der Waals surface area (Å²) >= 11 is 3.36.